The maximum Gasteiger partial charge on any atom is 0.0927 e. The lowest BCUT2D eigenvalue weighted by molar-refractivity contribution is 0.0493. The lowest BCUT2D eigenvalue weighted by Crippen LogP contribution is -2.40. The van der Waals surface area contributed by atoms with Gasteiger partial charge in [-0.3, -0.25) is 0 Å². The molecule has 0 saturated heterocycles. The SMILES string of the molecule is C=C1CC(C2CC=CCC2)CC2=C1C(C1CCCC(O)C1)C(C(=C)OCC)C(C)C2. The van der Waals surface area contributed by atoms with Crippen molar-refractivity contribution in [2.45, 2.75) is 84.2 Å². The van der Waals surface area contributed by atoms with Gasteiger partial charge in [0.15, 0.2) is 0 Å². The number of hydrogen-bond donors (Lipinski definition) is 1. The molecule has 4 rings (SSSR count). The van der Waals surface area contributed by atoms with Crippen LogP contribution >= 0.6 is 0 Å². The molecule has 2 heteroatoms. The molecule has 0 amide bonds. The average Bonchev–Trinajstić information content (AvgIpc) is 2.73. The minimum Gasteiger partial charge on any atom is -0.499 e. The van der Waals surface area contributed by atoms with Crippen molar-refractivity contribution in [1.29, 1.82) is 0 Å². The third-order valence-corrected chi connectivity index (χ3v) is 8.55. The van der Waals surface area contributed by atoms with E-state index in [9.17, 15) is 5.11 Å². The smallest absolute Gasteiger partial charge is 0.0927 e. The third-order valence-electron chi connectivity index (χ3n) is 8.55. The van der Waals surface area contributed by atoms with Crippen molar-refractivity contribution in [3.05, 3.63) is 47.8 Å². The van der Waals surface area contributed by atoms with Gasteiger partial charge in [-0.15, -0.1) is 0 Å². The lowest BCUT2D eigenvalue weighted by atomic mass is 9.56. The Kier molecular flexibility index (Phi) is 6.92. The molecular weight excluding hydrogens is 368 g/mol. The highest BCUT2D eigenvalue weighted by Gasteiger charge is 2.46. The van der Waals surface area contributed by atoms with Gasteiger partial charge in [0.05, 0.1) is 18.5 Å². The summed E-state index contributed by atoms with van der Waals surface area (Å²) >= 11 is 0. The lowest BCUT2D eigenvalue weighted by Gasteiger charge is -2.49. The maximum absolute atomic E-state index is 10.5. The number of hydrogen-bond acceptors (Lipinski definition) is 2. The van der Waals surface area contributed by atoms with Gasteiger partial charge in [-0.25, -0.2) is 0 Å². The average molecular weight is 411 g/mol. The summed E-state index contributed by atoms with van der Waals surface area (Å²) in [5.41, 5.74) is 4.65. The van der Waals surface area contributed by atoms with Gasteiger partial charge in [-0.2, -0.15) is 0 Å². The van der Waals surface area contributed by atoms with Crippen molar-refractivity contribution < 1.29 is 9.84 Å². The van der Waals surface area contributed by atoms with E-state index in [1.807, 2.05) is 0 Å². The van der Waals surface area contributed by atoms with Crippen LogP contribution in [0.1, 0.15) is 78.1 Å². The predicted molar refractivity (Wildman–Crippen MR) is 125 cm³/mol. The summed E-state index contributed by atoms with van der Waals surface area (Å²) in [5, 5.41) is 10.5. The molecule has 4 aliphatic rings. The first-order valence-corrected chi connectivity index (χ1v) is 12.5. The molecule has 0 spiro atoms. The van der Waals surface area contributed by atoms with Crippen LogP contribution in [0.15, 0.2) is 47.8 Å². The van der Waals surface area contributed by atoms with Gasteiger partial charge < -0.3 is 9.84 Å². The molecule has 2 nitrogen and oxygen atoms in total. The Morgan fingerprint density at radius 1 is 1.10 bits per heavy atom. The summed E-state index contributed by atoms with van der Waals surface area (Å²) in [7, 11) is 0. The minimum absolute atomic E-state index is 0.148. The largest absolute Gasteiger partial charge is 0.499 e. The van der Waals surface area contributed by atoms with E-state index in [2.05, 4.69) is 39.2 Å². The second kappa shape index (κ2) is 9.47. The van der Waals surface area contributed by atoms with Gasteiger partial charge in [-0.1, -0.05) is 49.8 Å². The Bertz CT molecular complexity index is 714. The van der Waals surface area contributed by atoms with Gasteiger partial charge in [0, 0.05) is 5.92 Å². The van der Waals surface area contributed by atoms with E-state index >= 15 is 0 Å². The molecular formula is C28H42O2. The zero-order valence-electron chi connectivity index (χ0n) is 19.2. The maximum atomic E-state index is 10.5. The Hall–Kier alpha value is -1.28. The highest BCUT2D eigenvalue weighted by atomic mass is 16.5. The molecule has 0 aromatic heterocycles. The van der Waals surface area contributed by atoms with Gasteiger partial charge in [0.25, 0.3) is 0 Å². The molecule has 0 bridgehead atoms. The second-order valence-corrected chi connectivity index (χ2v) is 10.5. The molecule has 7 unspecified atom stereocenters. The normalized spacial score (nSPS) is 39.6. The van der Waals surface area contributed by atoms with Gasteiger partial charge in [0.1, 0.15) is 0 Å². The van der Waals surface area contributed by atoms with Crippen molar-refractivity contribution in [3.63, 3.8) is 0 Å². The fraction of sp³-hybridized carbons (Fsp3) is 0.714. The number of aliphatic hydroxyl groups excluding tert-OH is 1. The summed E-state index contributed by atoms with van der Waals surface area (Å²) in [6.45, 7) is 14.2. The minimum atomic E-state index is -0.148. The van der Waals surface area contributed by atoms with Crippen LogP contribution in [-0.4, -0.2) is 17.8 Å². The van der Waals surface area contributed by atoms with E-state index in [0.29, 0.717) is 30.3 Å². The summed E-state index contributed by atoms with van der Waals surface area (Å²) in [5.74, 6) is 4.40. The Balaban J connectivity index is 1.67. The van der Waals surface area contributed by atoms with Crippen LogP contribution in [0.25, 0.3) is 0 Å². The molecule has 0 heterocycles. The Morgan fingerprint density at radius 3 is 2.63 bits per heavy atom. The molecule has 30 heavy (non-hydrogen) atoms. The molecule has 0 radical (unpaired) electrons. The summed E-state index contributed by atoms with van der Waals surface area (Å²) in [6, 6.07) is 0. The van der Waals surface area contributed by atoms with Crippen molar-refractivity contribution in [1.82, 2.24) is 0 Å². The zero-order chi connectivity index (χ0) is 21.3. The standard InChI is InChI=1S/C28H42O2/c1-5-30-20(4)26-18(2)15-24-16-23(21-10-7-6-8-11-21)14-19(3)27(24)28(26)22-12-9-13-25(29)17-22/h6-7,18,21-23,25-26,28-29H,3-5,8-17H2,1-2H3. The van der Waals surface area contributed by atoms with Gasteiger partial charge in [-0.05, 0) is 99.9 Å². The molecule has 0 aromatic carbocycles. The van der Waals surface area contributed by atoms with E-state index in [0.717, 1.165) is 49.7 Å². The highest BCUT2D eigenvalue weighted by Crippen LogP contribution is 2.55. The van der Waals surface area contributed by atoms with Crippen molar-refractivity contribution in [2.75, 3.05) is 6.61 Å². The van der Waals surface area contributed by atoms with Crippen LogP contribution in [0.4, 0.5) is 0 Å². The Morgan fingerprint density at radius 2 is 1.93 bits per heavy atom. The van der Waals surface area contributed by atoms with Crippen LogP contribution in [0, 0.1) is 35.5 Å². The molecule has 4 aliphatic carbocycles. The van der Waals surface area contributed by atoms with Crippen LogP contribution in [0.2, 0.25) is 0 Å². The quantitative estimate of drug-likeness (QED) is 0.391. The molecule has 166 valence electrons. The first-order chi connectivity index (χ1) is 14.5. The second-order valence-electron chi connectivity index (χ2n) is 10.5. The zero-order valence-corrected chi connectivity index (χ0v) is 19.2. The first kappa shape index (κ1) is 21.9. The van der Waals surface area contributed by atoms with Crippen LogP contribution in [0.5, 0.6) is 0 Å². The number of aliphatic hydroxyl groups is 1. The first-order valence-electron chi connectivity index (χ1n) is 12.5. The fourth-order valence-electron chi connectivity index (χ4n) is 7.32. The van der Waals surface area contributed by atoms with Crippen LogP contribution < -0.4 is 0 Å². The van der Waals surface area contributed by atoms with E-state index in [1.165, 1.54) is 37.7 Å². The number of ether oxygens (including phenoxy) is 1. The monoisotopic (exact) mass is 410 g/mol. The molecule has 1 fully saturated rings. The number of allylic oxidation sites excluding steroid dienone is 6. The van der Waals surface area contributed by atoms with Crippen LogP contribution in [0.3, 0.4) is 0 Å². The summed E-state index contributed by atoms with van der Waals surface area (Å²) in [6.07, 6.45) is 16.3. The van der Waals surface area contributed by atoms with Gasteiger partial charge in [0.2, 0.25) is 0 Å². The van der Waals surface area contributed by atoms with Crippen molar-refractivity contribution in [2.24, 2.45) is 35.5 Å². The van der Waals surface area contributed by atoms with Crippen molar-refractivity contribution >= 4 is 0 Å². The molecule has 1 saturated carbocycles. The topological polar surface area (TPSA) is 29.5 Å². The van der Waals surface area contributed by atoms with Crippen molar-refractivity contribution in [3.8, 4) is 0 Å². The summed E-state index contributed by atoms with van der Waals surface area (Å²) in [4.78, 5) is 0. The highest BCUT2D eigenvalue weighted by molar-refractivity contribution is 5.43. The Labute approximate surface area is 184 Å². The third kappa shape index (κ3) is 4.35. The number of rotatable bonds is 5. The van der Waals surface area contributed by atoms with E-state index < -0.39 is 0 Å². The van der Waals surface area contributed by atoms with Gasteiger partial charge >= 0.3 is 0 Å². The summed E-state index contributed by atoms with van der Waals surface area (Å²) < 4.78 is 6.01. The molecule has 0 aliphatic heterocycles. The molecule has 1 N–H and O–H groups in total. The van der Waals surface area contributed by atoms with E-state index in [4.69, 9.17) is 4.74 Å². The fourth-order valence-corrected chi connectivity index (χ4v) is 7.32. The molecule has 7 atom stereocenters. The predicted octanol–water partition coefficient (Wildman–Crippen LogP) is 6.98. The van der Waals surface area contributed by atoms with Crippen LogP contribution in [-0.2, 0) is 4.74 Å². The molecule has 0 aromatic rings. The van der Waals surface area contributed by atoms with E-state index in [1.54, 1.807) is 11.1 Å². The van der Waals surface area contributed by atoms with E-state index in [-0.39, 0.29) is 6.10 Å².